The van der Waals surface area contributed by atoms with Crippen molar-refractivity contribution in [2.75, 3.05) is 26.0 Å². The Balaban J connectivity index is 1.80. The predicted octanol–water partition coefficient (Wildman–Crippen LogP) is 3.84. The summed E-state index contributed by atoms with van der Waals surface area (Å²) in [6.45, 7) is 0.549. The fourth-order valence-electron chi connectivity index (χ4n) is 2.93. The molecule has 2 aromatic rings. The molecule has 0 spiro atoms. The van der Waals surface area contributed by atoms with Crippen LogP contribution in [0.25, 0.3) is 0 Å². The molecular formula is C18H19F2NO3S2. The molecule has 0 radical (unpaired) electrons. The highest BCUT2D eigenvalue weighted by molar-refractivity contribution is 7.99. The number of sulfonamides is 1. The molecule has 1 heterocycles. The van der Waals surface area contributed by atoms with Gasteiger partial charge in [-0.2, -0.15) is 16.1 Å². The maximum Gasteiger partial charge on any atom is 0.243 e. The molecule has 1 aliphatic heterocycles. The van der Waals surface area contributed by atoms with Gasteiger partial charge in [0.25, 0.3) is 0 Å². The number of hydrogen-bond donors (Lipinski definition) is 0. The number of rotatable bonds is 4. The standard InChI is InChI=1S/C18H19F2NO3S2/c1-24-17-7-6-13(12-16(17)20)26(22,23)21-9-8-18(25-11-10-21)14-4-2-3-5-15(14)19/h2-7,12,18H,8-11H2,1H3. The molecule has 1 fully saturated rings. The van der Waals surface area contributed by atoms with E-state index in [0.29, 0.717) is 24.3 Å². The predicted molar refractivity (Wildman–Crippen MR) is 97.9 cm³/mol. The minimum atomic E-state index is -3.82. The van der Waals surface area contributed by atoms with Gasteiger partial charge < -0.3 is 4.74 Å². The van der Waals surface area contributed by atoms with Gasteiger partial charge in [0.2, 0.25) is 10.0 Å². The first kappa shape index (κ1) is 19.1. The lowest BCUT2D eigenvalue weighted by atomic mass is 10.1. The Kier molecular flexibility index (Phi) is 5.84. The number of methoxy groups -OCH3 is 1. The molecule has 0 bridgehead atoms. The summed E-state index contributed by atoms with van der Waals surface area (Å²) in [6, 6.07) is 10.2. The van der Waals surface area contributed by atoms with E-state index < -0.39 is 15.8 Å². The van der Waals surface area contributed by atoms with Gasteiger partial charge in [-0.15, -0.1) is 0 Å². The van der Waals surface area contributed by atoms with Crippen molar-refractivity contribution in [3.63, 3.8) is 0 Å². The summed E-state index contributed by atoms with van der Waals surface area (Å²) in [5, 5.41) is -0.107. The van der Waals surface area contributed by atoms with Crippen LogP contribution in [0.15, 0.2) is 47.4 Å². The van der Waals surface area contributed by atoms with Crippen molar-refractivity contribution in [1.29, 1.82) is 0 Å². The topological polar surface area (TPSA) is 46.6 Å². The number of halogens is 2. The zero-order valence-corrected chi connectivity index (χ0v) is 15.8. The molecule has 3 rings (SSSR count). The Hall–Kier alpha value is -1.64. The lowest BCUT2D eigenvalue weighted by molar-refractivity contribution is 0.385. The van der Waals surface area contributed by atoms with Crippen molar-refractivity contribution < 1.29 is 21.9 Å². The van der Waals surface area contributed by atoms with Gasteiger partial charge in [-0.1, -0.05) is 18.2 Å². The van der Waals surface area contributed by atoms with Crippen molar-refractivity contribution in [2.24, 2.45) is 0 Å². The first-order valence-electron chi connectivity index (χ1n) is 8.13. The van der Waals surface area contributed by atoms with Gasteiger partial charge in [-0.3, -0.25) is 0 Å². The van der Waals surface area contributed by atoms with Gasteiger partial charge >= 0.3 is 0 Å². The number of thioether (sulfide) groups is 1. The average molecular weight is 399 g/mol. The third kappa shape index (κ3) is 3.87. The van der Waals surface area contributed by atoms with Gasteiger partial charge in [0.1, 0.15) is 5.82 Å². The van der Waals surface area contributed by atoms with Crippen molar-refractivity contribution in [2.45, 2.75) is 16.6 Å². The van der Waals surface area contributed by atoms with Crippen LogP contribution in [0.5, 0.6) is 5.75 Å². The molecule has 0 aliphatic carbocycles. The molecular weight excluding hydrogens is 380 g/mol. The second kappa shape index (κ2) is 7.94. The largest absolute Gasteiger partial charge is 0.494 e. The van der Waals surface area contributed by atoms with Gasteiger partial charge in [0.15, 0.2) is 11.6 Å². The fraction of sp³-hybridized carbons (Fsp3) is 0.333. The Morgan fingerprint density at radius 1 is 1.12 bits per heavy atom. The van der Waals surface area contributed by atoms with Crippen LogP contribution in [-0.2, 0) is 10.0 Å². The van der Waals surface area contributed by atoms with Crippen LogP contribution in [0, 0.1) is 11.6 Å². The average Bonchev–Trinajstić information content (AvgIpc) is 2.88. The van der Waals surface area contributed by atoms with E-state index in [1.165, 1.54) is 41.4 Å². The minimum Gasteiger partial charge on any atom is -0.494 e. The fourth-order valence-corrected chi connectivity index (χ4v) is 5.77. The van der Waals surface area contributed by atoms with Gasteiger partial charge in [-0.25, -0.2) is 17.2 Å². The van der Waals surface area contributed by atoms with E-state index >= 15 is 0 Å². The Labute approximate surface area is 156 Å². The maximum atomic E-state index is 14.0. The third-order valence-electron chi connectivity index (χ3n) is 4.31. The molecule has 0 saturated carbocycles. The van der Waals surface area contributed by atoms with Gasteiger partial charge in [0.05, 0.1) is 12.0 Å². The highest BCUT2D eigenvalue weighted by atomic mass is 32.2. The number of benzene rings is 2. The minimum absolute atomic E-state index is 0.00464. The monoisotopic (exact) mass is 399 g/mol. The molecule has 0 aromatic heterocycles. The van der Waals surface area contributed by atoms with Crippen LogP contribution in [0.3, 0.4) is 0 Å². The molecule has 8 heteroatoms. The van der Waals surface area contributed by atoms with Crippen molar-refractivity contribution in [1.82, 2.24) is 4.31 Å². The van der Waals surface area contributed by atoms with Crippen LogP contribution >= 0.6 is 11.8 Å². The summed E-state index contributed by atoms with van der Waals surface area (Å²) in [5.74, 6) is -0.466. The molecule has 1 aliphatic rings. The molecule has 1 atom stereocenters. The quantitative estimate of drug-likeness (QED) is 0.784. The Bertz CT molecular complexity index is 890. The van der Waals surface area contributed by atoms with Crippen LogP contribution in [0.2, 0.25) is 0 Å². The highest BCUT2D eigenvalue weighted by Crippen LogP contribution is 2.36. The third-order valence-corrected chi connectivity index (χ3v) is 7.52. The lowest BCUT2D eigenvalue weighted by Gasteiger charge is -2.20. The summed E-state index contributed by atoms with van der Waals surface area (Å²) in [6.07, 6.45) is 0.490. The lowest BCUT2D eigenvalue weighted by Crippen LogP contribution is -2.33. The summed E-state index contributed by atoms with van der Waals surface area (Å²) in [4.78, 5) is -0.106. The van der Waals surface area contributed by atoms with E-state index in [0.717, 1.165) is 6.07 Å². The summed E-state index contributed by atoms with van der Waals surface area (Å²) < 4.78 is 59.8. The van der Waals surface area contributed by atoms with E-state index in [1.54, 1.807) is 18.2 Å². The maximum absolute atomic E-state index is 14.0. The van der Waals surface area contributed by atoms with Crippen LogP contribution < -0.4 is 4.74 Å². The van der Waals surface area contributed by atoms with E-state index in [2.05, 4.69) is 0 Å². The van der Waals surface area contributed by atoms with E-state index in [9.17, 15) is 17.2 Å². The number of hydrogen-bond acceptors (Lipinski definition) is 4. The summed E-state index contributed by atoms with van der Waals surface area (Å²) in [7, 11) is -2.50. The molecule has 26 heavy (non-hydrogen) atoms. The summed E-state index contributed by atoms with van der Waals surface area (Å²) >= 11 is 1.54. The SMILES string of the molecule is COc1ccc(S(=O)(=O)N2CCSC(c3ccccc3F)CC2)cc1F. The van der Waals surface area contributed by atoms with Crippen molar-refractivity contribution in [3.8, 4) is 5.75 Å². The molecule has 4 nitrogen and oxygen atoms in total. The highest BCUT2D eigenvalue weighted by Gasteiger charge is 2.29. The van der Waals surface area contributed by atoms with Crippen LogP contribution in [-0.4, -0.2) is 38.7 Å². The van der Waals surface area contributed by atoms with Crippen LogP contribution in [0.1, 0.15) is 17.2 Å². The van der Waals surface area contributed by atoms with E-state index in [1.807, 2.05) is 0 Å². The van der Waals surface area contributed by atoms with Gasteiger partial charge in [-0.05, 0) is 30.7 Å². The van der Waals surface area contributed by atoms with E-state index in [4.69, 9.17) is 4.74 Å². The smallest absolute Gasteiger partial charge is 0.243 e. The Morgan fingerprint density at radius 3 is 2.58 bits per heavy atom. The molecule has 0 N–H and O–H groups in total. The zero-order chi connectivity index (χ0) is 18.7. The normalized spacial score (nSPS) is 19.1. The first-order valence-corrected chi connectivity index (χ1v) is 10.6. The molecule has 140 valence electrons. The van der Waals surface area contributed by atoms with Crippen molar-refractivity contribution >= 4 is 21.8 Å². The number of nitrogens with zero attached hydrogens (tertiary/aromatic N) is 1. The second-order valence-electron chi connectivity index (χ2n) is 5.87. The Morgan fingerprint density at radius 2 is 1.88 bits per heavy atom. The van der Waals surface area contributed by atoms with Crippen LogP contribution in [0.4, 0.5) is 8.78 Å². The molecule has 2 aromatic carbocycles. The molecule has 1 saturated heterocycles. The van der Waals surface area contributed by atoms with E-state index in [-0.39, 0.29) is 28.3 Å². The summed E-state index contributed by atoms with van der Waals surface area (Å²) in [5.41, 5.74) is 0.590. The van der Waals surface area contributed by atoms with Crippen molar-refractivity contribution in [3.05, 3.63) is 59.7 Å². The second-order valence-corrected chi connectivity index (χ2v) is 9.12. The molecule has 0 amide bonds. The zero-order valence-electron chi connectivity index (χ0n) is 14.2. The number of ether oxygens (including phenoxy) is 1. The molecule has 1 unspecified atom stereocenters. The first-order chi connectivity index (χ1) is 12.4. The van der Waals surface area contributed by atoms with Gasteiger partial charge in [0, 0.05) is 29.7 Å².